The monoisotopic (exact) mass is 310 g/mol. The smallest absolute Gasteiger partial charge is 0.251 e. The van der Waals surface area contributed by atoms with E-state index in [1.54, 1.807) is 6.07 Å². The Morgan fingerprint density at radius 1 is 1.13 bits per heavy atom. The second-order valence-electron chi connectivity index (χ2n) is 5.15. The van der Waals surface area contributed by atoms with Crippen LogP contribution in [-0.2, 0) is 6.54 Å². The van der Waals surface area contributed by atoms with E-state index in [-0.39, 0.29) is 5.91 Å². The quantitative estimate of drug-likeness (QED) is 0.567. The number of benzene rings is 2. The van der Waals surface area contributed by atoms with Crippen molar-refractivity contribution in [3.8, 4) is 0 Å². The van der Waals surface area contributed by atoms with E-state index in [4.69, 9.17) is 5.73 Å². The van der Waals surface area contributed by atoms with Crippen LogP contribution in [0.2, 0.25) is 0 Å². The summed E-state index contributed by atoms with van der Waals surface area (Å²) in [6.07, 6.45) is 0.914. The van der Waals surface area contributed by atoms with Crippen molar-refractivity contribution in [2.24, 2.45) is 10.7 Å². The maximum atomic E-state index is 12.0. The molecule has 23 heavy (non-hydrogen) atoms. The Balaban J connectivity index is 1.97. The largest absolute Gasteiger partial charge is 0.370 e. The van der Waals surface area contributed by atoms with E-state index in [0.29, 0.717) is 24.6 Å². The number of hydrogen-bond acceptors (Lipinski definition) is 2. The van der Waals surface area contributed by atoms with E-state index in [9.17, 15) is 4.79 Å². The number of anilines is 1. The highest BCUT2D eigenvalue weighted by Gasteiger charge is 2.05. The lowest BCUT2D eigenvalue weighted by atomic mass is 10.1. The molecule has 4 N–H and O–H groups in total. The molecule has 5 nitrogen and oxygen atoms in total. The number of para-hydroxylation sites is 1. The first-order valence-corrected chi connectivity index (χ1v) is 7.68. The fraction of sp³-hybridized carbons (Fsp3) is 0.222. The third-order valence-electron chi connectivity index (χ3n) is 3.20. The van der Waals surface area contributed by atoms with Crippen LogP contribution in [0.25, 0.3) is 0 Å². The molecule has 1 amide bonds. The average Bonchev–Trinajstić information content (AvgIpc) is 2.59. The first-order chi connectivity index (χ1) is 11.2. The number of guanidine groups is 1. The van der Waals surface area contributed by atoms with Crippen molar-refractivity contribution in [2.45, 2.75) is 19.9 Å². The summed E-state index contributed by atoms with van der Waals surface area (Å²) in [4.78, 5) is 16.3. The molecule has 120 valence electrons. The number of carbonyl (C=O) groups is 1. The number of carbonyl (C=O) groups excluding carboxylic acids is 1. The van der Waals surface area contributed by atoms with Crippen LogP contribution in [0, 0.1) is 0 Å². The van der Waals surface area contributed by atoms with Crippen LogP contribution in [0.15, 0.2) is 59.6 Å². The molecule has 0 aliphatic rings. The summed E-state index contributed by atoms with van der Waals surface area (Å²) in [5.41, 5.74) is 8.34. The zero-order chi connectivity index (χ0) is 16.5. The summed E-state index contributed by atoms with van der Waals surface area (Å²) in [6.45, 7) is 3.11. The topological polar surface area (TPSA) is 79.5 Å². The zero-order valence-corrected chi connectivity index (χ0v) is 13.3. The predicted octanol–water partition coefficient (Wildman–Crippen LogP) is 2.75. The van der Waals surface area contributed by atoms with Crippen LogP contribution in [0.3, 0.4) is 0 Å². The summed E-state index contributed by atoms with van der Waals surface area (Å²) in [6, 6.07) is 17.0. The number of nitrogens with zero attached hydrogens (tertiary/aromatic N) is 1. The summed E-state index contributed by atoms with van der Waals surface area (Å²) in [5, 5.41) is 5.89. The summed E-state index contributed by atoms with van der Waals surface area (Å²) < 4.78 is 0. The molecule has 0 radical (unpaired) electrons. The van der Waals surface area contributed by atoms with Crippen molar-refractivity contribution in [1.29, 1.82) is 0 Å². The fourth-order valence-corrected chi connectivity index (χ4v) is 2.04. The highest BCUT2D eigenvalue weighted by atomic mass is 16.1. The number of aliphatic imine (C=N–C) groups is 1. The molecule has 0 unspecified atom stereocenters. The lowest BCUT2D eigenvalue weighted by molar-refractivity contribution is 0.0953. The van der Waals surface area contributed by atoms with E-state index in [1.165, 1.54) is 0 Å². The fourth-order valence-electron chi connectivity index (χ4n) is 2.04. The van der Waals surface area contributed by atoms with E-state index in [2.05, 4.69) is 15.6 Å². The van der Waals surface area contributed by atoms with Gasteiger partial charge in [-0.3, -0.25) is 4.79 Å². The number of nitrogens with one attached hydrogen (secondary N) is 2. The lowest BCUT2D eigenvalue weighted by Gasteiger charge is -2.07. The first-order valence-electron chi connectivity index (χ1n) is 7.68. The lowest BCUT2D eigenvalue weighted by Crippen LogP contribution is -2.24. The molecular formula is C18H22N4O. The van der Waals surface area contributed by atoms with Gasteiger partial charge < -0.3 is 16.4 Å². The number of rotatable bonds is 6. The first kappa shape index (κ1) is 16.5. The predicted molar refractivity (Wildman–Crippen MR) is 94.5 cm³/mol. The zero-order valence-electron chi connectivity index (χ0n) is 13.3. The summed E-state index contributed by atoms with van der Waals surface area (Å²) in [5.74, 6) is 0.282. The van der Waals surface area contributed by atoms with Gasteiger partial charge >= 0.3 is 0 Å². The van der Waals surface area contributed by atoms with Gasteiger partial charge in [0.05, 0.1) is 6.54 Å². The van der Waals surface area contributed by atoms with Gasteiger partial charge in [0.25, 0.3) is 5.91 Å². The van der Waals surface area contributed by atoms with Crippen molar-refractivity contribution < 1.29 is 4.79 Å². The number of amides is 1. The third kappa shape index (κ3) is 5.47. The van der Waals surface area contributed by atoms with Crippen molar-refractivity contribution >= 4 is 17.6 Å². The molecule has 0 spiro atoms. The van der Waals surface area contributed by atoms with Crippen LogP contribution < -0.4 is 16.4 Å². The van der Waals surface area contributed by atoms with Gasteiger partial charge in [-0.2, -0.15) is 0 Å². The Bertz CT molecular complexity index is 668. The maximum absolute atomic E-state index is 12.0. The van der Waals surface area contributed by atoms with Crippen LogP contribution >= 0.6 is 0 Å². The SMILES string of the molecule is CCCNC(=O)c1cccc(CN=C(N)Nc2ccccc2)c1. The molecule has 0 aliphatic heterocycles. The highest BCUT2D eigenvalue weighted by molar-refractivity contribution is 5.94. The standard InChI is InChI=1S/C18H22N4O/c1-2-11-20-17(23)15-8-6-7-14(12-15)13-21-18(19)22-16-9-4-3-5-10-16/h3-10,12H,2,11,13H2,1H3,(H,20,23)(H3,19,21,22). The molecule has 2 aromatic rings. The van der Waals surface area contributed by atoms with Gasteiger partial charge in [-0.05, 0) is 36.2 Å². The molecule has 2 rings (SSSR count). The molecule has 5 heteroatoms. The molecule has 0 saturated heterocycles. The van der Waals surface area contributed by atoms with E-state index < -0.39 is 0 Å². The van der Waals surface area contributed by atoms with Gasteiger partial charge in [0.15, 0.2) is 5.96 Å². The van der Waals surface area contributed by atoms with Crippen molar-refractivity contribution in [3.63, 3.8) is 0 Å². The molecule has 0 fully saturated rings. The van der Waals surface area contributed by atoms with E-state index >= 15 is 0 Å². The van der Waals surface area contributed by atoms with Gasteiger partial charge in [-0.25, -0.2) is 4.99 Å². The van der Waals surface area contributed by atoms with E-state index in [1.807, 2.05) is 55.5 Å². The number of nitrogens with two attached hydrogens (primary N) is 1. The normalized spacial score (nSPS) is 11.1. The van der Waals surface area contributed by atoms with Gasteiger partial charge in [0.1, 0.15) is 0 Å². The second-order valence-corrected chi connectivity index (χ2v) is 5.15. The second kappa shape index (κ2) is 8.58. The van der Waals surface area contributed by atoms with Gasteiger partial charge in [-0.15, -0.1) is 0 Å². The van der Waals surface area contributed by atoms with Crippen LogP contribution in [0.1, 0.15) is 29.3 Å². The number of hydrogen-bond donors (Lipinski definition) is 3. The third-order valence-corrected chi connectivity index (χ3v) is 3.20. The minimum absolute atomic E-state index is 0.0620. The van der Waals surface area contributed by atoms with Crippen molar-refractivity contribution in [1.82, 2.24) is 5.32 Å². The minimum Gasteiger partial charge on any atom is -0.370 e. The molecule has 0 saturated carbocycles. The Labute approximate surface area is 136 Å². The maximum Gasteiger partial charge on any atom is 0.251 e. The highest BCUT2D eigenvalue weighted by Crippen LogP contribution is 2.08. The molecule has 0 atom stereocenters. The molecule has 0 aromatic heterocycles. The minimum atomic E-state index is -0.0620. The van der Waals surface area contributed by atoms with Crippen molar-refractivity contribution in [3.05, 3.63) is 65.7 Å². The Hall–Kier alpha value is -2.82. The van der Waals surface area contributed by atoms with Crippen LogP contribution in [-0.4, -0.2) is 18.4 Å². The Kier molecular flexibility index (Phi) is 6.17. The molecule has 0 aliphatic carbocycles. The average molecular weight is 310 g/mol. The Morgan fingerprint density at radius 2 is 1.91 bits per heavy atom. The molecule has 0 heterocycles. The Morgan fingerprint density at radius 3 is 2.65 bits per heavy atom. The van der Waals surface area contributed by atoms with Crippen molar-refractivity contribution in [2.75, 3.05) is 11.9 Å². The van der Waals surface area contributed by atoms with Crippen LogP contribution in [0.5, 0.6) is 0 Å². The van der Waals surface area contributed by atoms with Crippen LogP contribution in [0.4, 0.5) is 5.69 Å². The molecular weight excluding hydrogens is 288 g/mol. The van der Waals surface area contributed by atoms with Gasteiger partial charge in [0.2, 0.25) is 0 Å². The molecule has 0 bridgehead atoms. The summed E-state index contributed by atoms with van der Waals surface area (Å²) >= 11 is 0. The van der Waals surface area contributed by atoms with Gasteiger partial charge in [-0.1, -0.05) is 37.3 Å². The van der Waals surface area contributed by atoms with E-state index in [0.717, 1.165) is 17.7 Å². The molecule has 2 aromatic carbocycles. The van der Waals surface area contributed by atoms with Gasteiger partial charge in [0, 0.05) is 17.8 Å². The summed E-state index contributed by atoms with van der Waals surface area (Å²) in [7, 11) is 0.